The predicted octanol–water partition coefficient (Wildman–Crippen LogP) is 3.59. The van der Waals surface area contributed by atoms with E-state index in [0.717, 1.165) is 37.3 Å². The first-order valence-corrected chi connectivity index (χ1v) is 13.2. The average molecular weight is 456 g/mol. The molecule has 0 saturated carbocycles. The number of amidine groups is 1. The quantitative estimate of drug-likeness (QED) is 0.693. The maximum absolute atomic E-state index is 12.4. The minimum absolute atomic E-state index is 0.0849. The lowest BCUT2D eigenvalue weighted by Gasteiger charge is -2.34. The van der Waals surface area contributed by atoms with E-state index >= 15 is 0 Å². The number of hydrogen-bond acceptors (Lipinski definition) is 5. The molecule has 3 aliphatic rings. The van der Waals surface area contributed by atoms with Crippen molar-refractivity contribution < 1.29 is 13.2 Å². The molecule has 9 heteroatoms. The van der Waals surface area contributed by atoms with Crippen LogP contribution >= 0.6 is 23.4 Å². The summed E-state index contributed by atoms with van der Waals surface area (Å²) in [6, 6.07) is 5.50. The fourth-order valence-electron chi connectivity index (χ4n) is 4.16. The zero-order valence-electron chi connectivity index (χ0n) is 16.7. The van der Waals surface area contributed by atoms with Crippen LogP contribution in [0.2, 0.25) is 5.02 Å². The predicted molar refractivity (Wildman–Crippen MR) is 121 cm³/mol. The molecule has 0 bridgehead atoms. The molecular formula is C20H26ClN3O3S2. The van der Waals surface area contributed by atoms with Crippen LogP contribution in [0.4, 0.5) is 11.4 Å². The van der Waals surface area contributed by atoms with E-state index in [1.54, 1.807) is 0 Å². The Balaban J connectivity index is 1.79. The Hall–Kier alpha value is -1.25. The van der Waals surface area contributed by atoms with Crippen LogP contribution in [0.5, 0.6) is 0 Å². The van der Waals surface area contributed by atoms with E-state index in [1.165, 1.54) is 18.2 Å². The lowest BCUT2D eigenvalue weighted by atomic mass is 10.1. The SMILES string of the molecule is CC(C)C(=O)N=C1S[C@H]2CS(=O)(=O)C[C@@H]2N1c1ccc(Cl)cc1N1CCCCC1. The summed E-state index contributed by atoms with van der Waals surface area (Å²) in [5.74, 6) is -0.183. The average Bonchev–Trinajstić information content (AvgIpc) is 3.13. The van der Waals surface area contributed by atoms with Crippen molar-refractivity contribution >= 4 is 55.6 Å². The van der Waals surface area contributed by atoms with Crippen LogP contribution in [0.25, 0.3) is 0 Å². The molecule has 1 aromatic rings. The highest BCUT2D eigenvalue weighted by molar-refractivity contribution is 8.16. The monoisotopic (exact) mass is 455 g/mol. The van der Waals surface area contributed by atoms with E-state index in [9.17, 15) is 13.2 Å². The molecule has 0 aliphatic carbocycles. The van der Waals surface area contributed by atoms with Crippen molar-refractivity contribution in [1.82, 2.24) is 0 Å². The second kappa shape index (κ2) is 8.12. The number of thioether (sulfide) groups is 1. The maximum Gasteiger partial charge on any atom is 0.250 e. The van der Waals surface area contributed by atoms with Crippen molar-refractivity contribution in [1.29, 1.82) is 0 Å². The van der Waals surface area contributed by atoms with Gasteiger partial charge in [-0.2, -0.15) is 4.99 Å². The lowest BCUT2D eigenvalue weighted by Crippen LogP contribution is -2.40. The molecule has 0 N–H and O–H groups in total. The van der Waals surface area contributed by atoms with E-state index in [1.807, 2.05) is 36.9 Å². The highest BCUT2D eigenvalue weighted by atomic mass is 35.5. The number of nitrogens with zero attached hydrogens (tertiary/aromatic N) is 3. The minimum Gasteiger partial charge on any atom is -0.370 e. The van der Waals surface area contributed by atoms with E-state index in [4.69, 9.17) is 11.6 Å². The molecule has 0 unspecified atom stereocenters. The van der Waals surface area contributed by atoms with Gasteiger partial charge in [0.1, 0.15) is 0 Å². The summed E-state index contributed by atoms with van der Waals surface area (Å²) in [6.07, 6.45) is 3.45. The van der Waals surface area contributed by atoms with Gasteiger partial charge in [-0.25, -0.2) is 8.42 Å². The van der Waals surface area contributed by atoms with Gasteiger partial charge < -0.3 is 9.80 Å². The fraction of sp³-hybridized carbons (Fsp3) is 0.600. The third-order valence-electron chi connectivity index (χ3n) is 5.66. The fourth-order valence-corrected chi connectivity index (χ4v) is 8.24. The number of fused-ring (bicyclic) bond motifs is 1. The Morgan fingerprint density at radius 1 is 1.17 bits per heavy atom. The molecule has 3 saturated heterocycles. The van der Waals surface area contributed by atoms with Gasteiger partial charge in [0.2, 0.25) is 0 Å². The summed E-state index contributed by atoms with van der Waals surface area (Å²) in [4.78, 5) is 21.1. The molecule has 3 heterocycles. The Morgan fingerprint density at radius 2 is 1.90 bits per heavy atom. The van der Waals surface area contributed by atoms with Crippen molar-refractivity contribution in [2.24, 2.45) is 10.9 Å². The van der Waals surface area contributed by atoms with Crippen LogP contribution in [-0.4, -0.2) is 55.4 Å². The minimum atomic E-state index is -3.10. The molecule has 3 aliphatic heterocycles. The first-order valence-electron chi connectivity index (χ1n) is 10.1. The number of sulfone groups is 1. The van der Waals surface area contributed by atoms with Crippen molar-refractivity contribution in [3.05, 3.63) is 23.2 Å². The molecule has 158 valence electrons. The maximum atomic E-state index is 12.4. The van der Waals surface area contributed by atoms with E-state index in [0.29, 0.717) is 10.2 Å². The zero-order valence-corrected chi connectivity index (χ0v) is 19.1. The van der Waals surface area contributed by atoms with Crippen molar-refractivity contribution in [3.63, 3.8) is 0 Å². The summed E-state index contributed by atoms with van der Waals surface area (Å²) >= 11 is 7.75. The van der Waals surface area contributed by atoms with Crippen LogP contribution in [0, 0.1) is 5.92 Å². The summed E-state index contributed by atoms with van der Waals surface area (Å²) in [5, 5.41) is 1.14. The van der Waals surface area contributed by atoms with Gasteiger partial charge in [0, 0.05) is 29.3 Å². The summed E-state index contributed by atoms with van der Waals surface area (Å²) < 4.78 is 24.6. The topological polar surface area (TPSA) is 70.0 Å². The zero-order chi connectivity index (χ0) is 20.8. The Morgan fingerprint density at radius 3 is 2.59 bits per heavy atom. The number of amides is 1. The van der Waals surface area contributed by atoms with Crippen molar-refractivity contribution in [2.75, 3.05) is 34.4 Å². The van der Waals surface area contributed by atoms with Gasteiger partial charge in [0.15, 0.2) is 15.0 Å². The number of aliphatic imine (C=N–C) groups is 1. The highest BCUT2D eigenvalue weighted by Crippen LogP contribution is 2.45. The summed E-state index contributed by atoms with van der Waals surface area (Å²) in [7, 11) is -3.10. The molecule has 0 aromatic heterocycles. The number of rotatable bonds is 3. The van der Waals surface area contributed by atoms with Gasteiger partial charge in [0.25, 0.3) is 5.91 Å². The number of piperidine rings is 1. The molecular weight excluding hydrogens is 430 g/mol. The van der Waals surface area contributed by atoms with Gasteiger partial charge in [0.05, 0.1) is 28.9 Å². The number of anilines is 2. The second-order valence-electron chi connectivity index (χ2n) is 8.24. The molecule has 3 fully saturated rings. The van der Waals surface area contributed by atoms with Crippen LogP contribution in [0.15, 0.2) is 23.2 Å². The van der Waals surface area contributed by atoms with E-state index < -0.39 is 9.84 Å². The van der Waals surface area contributed by atoms with E-state index in [2.05, 4.69) is 9.89 Å². The van der Waals surface area contributed by atoms with Crippen LogP contribution in [-0.2, 0) is 14.6 Å². The molecule has 29 heavy (non-hydrogen) atoms. The van der Waals surface area contributed by atoms with Crippen molar-refractivity contribution in [2.45, 2.75) is 44.4 Å². The van der Waals surface area contributed by atoms with Gasteiger partial charge in [-0.3, -0.25) is 4.79 Å². The Labute approximate surface area is 181 Å². The highest BCUT2D eigenvalue weighted by Gasteiger charge is 2.50. The molecule has 2 atom stereocenters. The normalized spacial score (nSPS) is 27.7. The third kappa shape index (κ3) is 4.30. The second-order valence-corrected chi connectivity index (χ2v) is 12.0. The smallest absolute Gasteiger partial charge is 0.250 e. The first kappa shape index (κ1) is 21.0. The molecule has 4 rings (SSSR count). The number of benzene rings is 1. The van der Waals surface area contributed by atoms with Crippen LogP contribution in [0.1, 0.15) is 33.1 Å². The van der Waals surface area contributed by atoms with Crippen LogP contribution < -0.4 is 9.80 Å². The summed E-state index contributed by atoms with van der Waals surface area (Å²) in [5.41, 5.74) is 1.89. The number of carbonyl (C=O) groups is 1. The first-order chi connectivity index (χ1) is 13.7. The van der Waals surface area contributed by atoms with Gasteiger partial charge in [-0.15, -0.1) is 0 Å². The van der Waals surface area contributed by atoms with Gasteiger partial charge in [-0.1, -0.05) is 37.2 Å². The van der Waals surface area contributed by atoms with Gasteiger partial charge >= 0.3 is 0 Å². The molecule has 1 aromatic carbocycles. The molecule has 6 nitrogen and oxygen atoms in total. The largest absolute Gasteiger partial charge is 0.370 e. The van der Waals surface area contributed by atoms with Gasteiger partial charge in [-0.05, 0) is 37.5 Å². The molecule has 0 radical (unpaired) electrons. The van der Waals surface area contributed by atoms with Crippen LogP contribution in [0.3, 0.4) is 0 Å². The number of halogens is 1. The van der Waals surface area contributed by atoms with Crippen molar-refractivity contribution in [3.8, 4) is 0 Å². The summed E-state index contributed by atoms with van der Waals surface area (Å²) in [6.45, 7) is 5.53. The number of hydrogen-bond donors (Lipinski definition) is 0. The number of carbonyl (C=O) groups excluding carboxylic acids is 1. The standard InChI is InChI=1S/C20H26ClN3O3S2/c1-13(2)19(25)22-20-24(17-11-29(26,27)12-18(17)28-20)15-7-6-14(21)10-16(15)23-8-4-3-5-9-23/h6-7,10,13,17-18H,3-5,8-9,11-12H2,1-2H3/t17-,18-/m0/s1. The molecule has 1 amide bonds. The lowest BCUT2D eigenvalue weighted by molar-refractivity contribution is -0.120. The Bertz CT molecular complexity index is 942. The third-order valence-corrected chi connectivity index (χ3v) is 9.10. The van der Waals surface area contributed by atoms with E-state index in [-0.39, 0.29) is 34.6 Å². The molecule has 0 spiro atoms. The Kier molecular flexibility index (Phi) is 5.88.